The smallest absolute Gasteiger partial charge is 0.305 e. The first-order chi connectivity index (χ1) is 21.2. The van der Waals surface area contributed by atoms with Gasteiger partial charge in [0.2, 0.25) is 23.0 Å². The number of esters is 1. The highest BCUT2D eigenvalue weighted by Crippen LogP contribution is 2.50. The van der Waals surface area contributed by atoms with Crippen molar-refractivity contribution in [3.8, 4) is 28.4 Å². The Bertz CT molecular complexity index is 1440. The van der Waals surface area contributed by atoms with Crippen molar-refractivity contribution in [2.75, 3.05) is 53.4 Å². The number of ether oxygens (including phenoxy) is 4. The van der Waals surface area contributed by atoms with Crippen LogP contribution in [0.25, 0.3) is 11.1 Å². The van der Waals surface area contributed by atoms with Crippen LogP contribution in [-0.4, -0.2) is 70.8 Å². The lowest BCUT2D eigenvalue weighted by molar-refractivity contribution is -0.142. The summed E-state index contributed by atoms with van der Waals surface area (Å²) >= 11 is 0. The zero-order chi connectivity index (χ0) is 31.8. The zero-order valence-electron chi connectivity index (χ0n) is 26.2. The number of benzene rings is 1. The first-order valence-electron chi connectivity index (χ1n) is 15.1. The normalized spacial score (nSPS) is 16.1. The van der Waals surface area contributed by atoms with Crippen LogP contribution >= 0.6 is 0 Å². The molecule has 1 atom stereocenters. The number of methoxy groups -OCH3 is 4. The second kappa shape index (κ2) is 14.9. The van der Waals surface area contributed by atoms with Crippen molar-refractivity contribution in [1.82, 2.24) is 10.2 Å². The Balaban J connectivity index is 1.52. The standard InChI is InChI=1S/C33H43N3O8/c1-20(37)35-25-10-8-22-18-28(41-2)32(43-4)33(44-5)31(22)23-9-11-26(27(38)19-24(23)25)34-14-6-7-29(39)36-15-12-21(13-16-36)17-30(40)42-3/h9,11,18-19,21,25H,6-8,10,12-17H2,1-5H3,(H,34,38)(H,35,37). The molecule has 0 spiro atoms. The van der Waals surface area contributed by atoms with E-state index in [1.807, 2.05) is 17.0 Å². The molecule has 238 valence electrons. The molecule has 0 aromatic heterocycles. The monoisotopic (exact) mass is 609 g/mol. The molecular formula is C33H43N3O8. The number of fused-ring (bicyclic) bond motifs is 3. The number of amides is 2. The van der Waals surface area contributed by atoms with Crippen molar-refractivity contribution in [2.45, 2.75) is 57.9 Å². The second-order valence-corrected chi connectivity index (χ2v) is 11.2. The topological polar surface area (TPSA) is 132 Å². The highest BCUT2D eigenvalue weighted by molar-refractivity contribution is 5.84. The van der Waals surface area contributed by atoms with Crippen molar-refractivity contribution >= 4 is 23.5 Å². The molecule has 1 saturated heterocycles. The molecule has 2 aliphatic rings. The molecule has 0 saturated carbocycles. The lowest BCUT2D eigenvalue weighted by Crippen LogP contribution is -2.39. The van der Waals surface area contributed by atoms with Gasteiger partial charge in [0.15, 0.2) is 11.5 Å². The van der Waals surface area contributed by atoms with Crippen LogP contribution in [0.1, 0.15) is 62.6 Å². The van der Waals surface area contributed by atoms with Crippen LogP contribution in [0.2, 0.25) is 0 Å². The summed E-state index contributed by atoms with van der Waals surface area (Å²) in [6.07, 6.45) is 4.07. The quantitative estimate of drug-likeness (QED) is 0.288. The van der Waals surface area contributed by atoms with Crippen LogP contribution in [0, 0.1) is 5.92 Å². The average molecular weight is 610 g/mol. The third kappa shape index (κ3) is 7.43. The van der Waals surface area contributed by atoms with Gasteiger partial charge in [0, 0.05) is 45.0 Å². The van der Waals surface area contributed by atoms with Crippen molar-refractivity contribution in [3.63, 3.8) is 0 Å². The molecular weight excluding hydrogens is 566 g/mol. The zero-order valence-corrected chi connectivity index (χ0v) is 26.2. The summed E-state index contributed by atoms with van der Waals surface area (Å²) in [4.78, 5) is 51.8. The Kier molecular flexibility index (Phi) is 11.1. The van der Waals surface area contributed by atoms with Gasteiger partial charge >= 0.3 is 5.97 Å². The number of likely N-dealkylation sites (tertiary alicyclic amines) is 1. The molecule has 0 radical (unpaired) electrons. The van der Waals surface area contributed by atoms with Gasteiger partial charge in [0.05, 0.1) is 40.2 Å². The fourth-order valence-corrected chi connectivity index (χ4v) is 6.18. The van der Waals surface area contributed by atoms with E-state index in [0.717, 1.165) is 29.5 Å². The molecule has 0 bridgehead atoms. The molecule has 11 nitrogen and oxygen atoms in total. The minimum absolute atomic E-state index is 0.0715. The number of hydrogen-bond acceptors (Lipinski definition) is 9. The molecule has 1 aliphatic heterocycles. The molecule has 44 heavy (non-hydrogen) atoms. The fraction of sp³-hybridized carbons (Fsp3) is 0.515. The Morgan fingerprint density at radius 1 is 0.955 bits per heavy atom. The molecule has 1 aliphatic carbocycles. The van der Waals surface area contributed by atoms with Crippen molar-refractivity contribution in [1.29, 1.82) is 0 Å². The first kappa shape index (κ1) is 32.6. The maximum atomic E-state index is 13.5. The van der Waals surface area contributed by atoms with Gasteiger partial charge in [0.1, 0.15) is 0 Å². The van der Waals surface area contributed by atoms with Crippen LogP contribution in [0.15, 0.2) is 29.1 Å². The van der Waals surface area contributed by atoms with Gasteiger partial charge in [-0.05, 0) is 72.9 Å². The predicted molar refractivity (Wildman–Crippen MR) is 166 cm³/mol. The van der Waals surface area contributed by atoms with Crippen molar-refractivity contribution in [3.05, 3.63) is 45.6 Å². The van der Waals surface area contributed by atoms with Gasteiger partial charge < -0.3 is 34.5 Å². The minimum atomic E-state index is -0.390. The number of aryl methyl sites for hydroxylation is 1. The van der Waals surface area contributed by atoms with E-state index in [1.54, 1.807) is 33.5 Å². The van der Waals surface area contributed by atoms with Crippen LogP contribution in [-0.2, 0) is 25.5 Å². The van der Waals surface area contributed by atoms with Gasteiger partial charge in [-0.25, -0.2) is 0 Å². The van der Waals surface area contributed by atoms with E-state index in [2.05, 4.69) is 10.6 Å². The second-order valence-electron chi connectivity index (χ2n) is 11.2. The van der Waals surface area contributed by atoms with Crippen molar-refractivity contribution in [2.24, 2.45) is 5.92 Å². The number of hydrogen-bond donors (Lipinski definition) is 2. The number of nitrogens with one attached hydrogen (secondary N) is 2. The summed E-state index contributed by atoms with van der Waals surface area (Å²) in [5.41, 5.74) is 3.36. The molecule has 11 heteroatoms. The summed E-state index contributed by atoms with van der Waals surface area (Å²) in [5.74, 6) is 1.40. The number of anilines is 1. The third-order valence-corrected chi connectivity index (χ3v) is 8.45. The SMILES string of the molecule is COC(=O)CC1CCN(C(=O)CCCNc2ccc3c(cc2=O)C(NC(C)=O)CCc2cc(OC)c(OC)c(OC)c2-3)CC1. The molecule has 1 heterocycles. The predicted octanol–water partition coefficient (Wildman–Crippen LogP) is 3.86. The number of carbonyl (C=O) groups is 3. The van der Waals surface area contributed by atoms with Crippen LogP contribution in [0.5, 0.6) is 17.2 Å². The summed E-state index contributed by atoms with van der Waals surface area (Å²) in [6, 6.07) is 6.72. The molecule has 2 N–H and O–H groups in total. The first-order valence-corrected chi connectivity index (χ1v) is 15.1. The molecule has 2 amide bonds. The number of rotatable bonds is 11. The maximum absolute atomic E-state index is 13.5. The van der Waals surface area contributed by atoms with Gasteiger partial charge in [-0.15, -0.1) is 0 Å². The Morgan fingerprint density at radius 2 is 1.68 bits per heavy atom. The molecule has 1 fully saturated rings. The summed E-state index contributed by atoms with van der Waals surface area (Å²) < 4.78 is 21.8. The average Bonchev–Trinajstić information content (AvgIpc) is 3.26. The van der Waals surface area contributed by atoms with Gasteiger partial charge in [-0.1, -0.05) is 6.07 Å². The fourth-order valence-electron chi connectivity index (χ4n) is 6.18. The summed E-state index contributed by atoms with van der Waals surface area (Å²) in [7, 11) is 6.07. The molecule has 2 aromatic carbocycles. The maximum Gasteiger partial charge on any atom is 0.305 e. The highest BCUT2D eigenvalue weighted by Gasteiger charge is 2.29. The van der Waals surface area contributed by atoms with E-state index in [1.165, 1.54) is 14.0 Å². The minimum Gasteiger partial charge on any atom is -0.493 e. The number of piperidine rings is 1. The van der Waals surface area contributed by atoms with Crippen LogP contribution < -0.4 is 30.3 Å². The molecule has 1 unspecified atom stereocenters. The van der Waals surface area contributed by atoms with Crippen LogP contribution in [0.3, 0.4) is 0 Å². The van der Waals surface area contributed by atoms with E-state index in [0.29, 0.717) is 80.2 Å². The van der Waals surface area contributed by atoms with Gasteiger partial charge in [-0.2, -0.15) is 0 Å². The Morgan fingerprint density at radius 3 is 2.32 bits per heavy atom. The Labute approximate surface area is 258 Å². The van der Waals surface area contributed by atoms with E-state index in [4.69, 9.17) is 18.9 Å². The van der Waals surface area contributed by atoms with E-state index >= 15 is 0 Å². The molecule has 2 aromatic rings. The highest BCUT2D eigenvalue weighted by atomic mass is 16.5. The lowest BCUT2D eigenvalue weighted by atomic mass is 9.93. The van der Waals surface area contributed by atoms with Crippen molar-refractivity contribution < 1.29 is 33.3 Å². The number of nitrogens with zero attached hydrogens (tertiary/aromatic N) is 1. The van der Waals surface area contributed by atoms with Crippen LogP contribution in [0.4, 0.5) is 5.69 Å². The largest absolute Gasteiger partial charge is 0.493 e. The van der Waals surface area contributed by atoms with Gasteiger partial charge in [-0.3, -0.25) is 19.2 Å². The van der Waals surface area contributed by atoms with E-state index in [9.17, 15) is 19.2 Å². The Hall–Kier alpha value is -4.28. The summed E-state index contributed by atoms with van der Waals surface area (Å²) in [6.45, 7) is 3.17. The molecule has 4 rings (SSSR count). The third-order valence-electron chi connectivity index (χ3n) is 8.45. The van der Waals surface area contributed by atoms with Gasteiger partial charge in [0.25, 0.3) is 0 Å². The number of carbonyl (C=O) groups excluding carboxylic acids is 3. The summed E-state index contributed by atoms with van der Waals surface area (Å²) in [5, 5.41) is 6.23. The van der Waals surface area contributed by atoms with E-state index in [-0.39, 0.29) is 35.2 Å². The lowest BCUT2D eigenvalue weighted by Gasteiger charge is -2.31. The van der Waals surface area contributed by atoms with E-state index < -0.39 is 0 Å².